The monoisotopic (exact) mass is 333 g/mol. The van der Waals surface area contributed by atoms with E-state index in [-0.39, 0.29) is 11.3 Å². The molecule has 0 aliphatic carbocycles. The number of aromatic hydroxyl groups is 1. The van der Waals surface area contributed by atoms with Gasteiger partial charge in [-0.3, -0.25) is 14.9 Å². The molecular weight excluding hydrogens is 318 g/mol. The molecule has 2 rings (SSSR count). The minimum absolute atomic E-state index is 0.0264. The predicted molar refractivity (Wildman–Crippen MR) is 89.5 cm³/mol. The number of nitrogens with one attached hydrogen (secondary N) is 1. The number of nitro groups is 1. The van der Waals surface area contributed by atoms with Crippen molar-refractivity contribution in [2.75, 3.05) is 11.6 Å². The van der Waals surface area contributed by atoms with Gasteiger partial charge in [0.25, 0.3) is 5.91 Å². The molecule has 0 atom stereocenters. The minimum atomic E-state index is -0.795. The zero-order chi connectivity index (χ0) is 17.1. The van der Waals surface area contributed by atoms with Gasteiger partial charge >= 0.3 is 5.69 Å². The highest BCUT2D eigenvalue weighted by Gasteiger charge is 2.23. The molecule has 0 saturated carbocycles. The second kappa shape index (κ2) is 6.57. The van der Waals surface area contributed by atoms with Gasteiger partial charge in [0.15, 0.2) is 0 Å². The molecule has 0 heterocycles. The van der Waals surface area contributed by atoms with E-state index in [1.54, 1.807) is 17.8 Å². The number of nitrogens with two attached hydrogens (primary N) is 1. The third-order valence-corrected chi connectivity index (χ3v) is 4.04. The highest BCUT2D eigenvalue weighted by molar-refractivity contribution is 7.98. The van der Waals surface area contributed by atoms with E-state index in [1.807, 2.05) is 25.3 Å². The van der Waals surface area contributed by atoms with Crippen LogP contribution in [-0.2, 0) is 0 Å². The molecule has 0 radical (unpaired) electrons. The Hall–Kier alpha value is -2.74. The third kappa shape index (κ3) is 3.37. The molecule has 8 heteroatoms. The van der Waals surface area contributed by atoms with Gasteiger partial charge in [-0.25, -0.2) is 0 Å². The lowest BCUT2D eigenvalue weighted by Crippen LogP contribution is -2.14. The van der Waals surface area contributed by atoms with Crippen LogP contribution >= 0.6 is 11.8 Å². The van der Waals surface area contributed by atoms with Crippen LogP contribution in [-0.4, -0.2) is 22.2 Å². The minimum Gasteiger partial charge on any atom is -0.501 e. The Morgan fingerprint density at radius 3 is 2.57 bits per heavy atom. The largest absolute Gasteiger partial charge is 0.501 e. The molecule has 0 aliphatic heterocycles. The molecule has 2 aromatic carbocycles. The van der Waals surface area contributed by atoms with Gasteiger partial charge in [-0.2, -0.15) is 0 Å². The number of rotatable bonds is 5. The molecule has 0 aliphatic rings. The Kier molecular flexibility index (Phi) is 4.75. The summed E-state index contributed by atoms with van der Waals surface area (Å²) in [6, 6.07) is 7.81. The number of nitrogens with zero attached hydrogens (tertiary/aromatic N) is 1. The summed E-state index contributed by atoms with van der Waals surface area (Å²) in [5.41, 5.74) is 6.15. The Balaban J connectivity index is 2.55. The molecule has 1 amide bonds. The molecule has 0 aromatic heterocycles. The Morgan fingerprint density at radius 1 is 1.35 bits per heavy atom. The van der Waals surface area contributed by atoms with Crippen molar-refractivity contribution in [1.82, 2.24) is 0 Å². The standard InChI is InChI=1S/C15H15N3O4S/c1-8-7-9(23-2)3-5-11(8)17-13-10(15(16)20)4-6-12(14(13)19)18(21)22/h3-7,17,19H,1-2H3,(H2,16,20). The summed E-state index contributed by atoms with van der Waals surface area (Å²) in [5.74, 6) is -1.42. The molecule has 23 heavy (non-hydrogen) atoms. The maximum atomic E-state index is 11.5. The first-order chi connectivity index (χ1) is 10.8. The number of phenols is 1. The molecule has 2 aromatic rings. The van der Waals surface area contributed by atoms with E-state index in [1.165, 1.54) is 6.07 Å². The van der Waals surface area contributed by atoms with Crippen LogP contribution in [0.25, 0.3) is 0 Å². The van der Waals surface area contributed by atoms with Gasteiger partial charge < -0.3 is 16.2 Å². The van der Waals surface area contributed by atoms with E-state index in [9.17, 15) is 20.0 Å². The van der Waals surface area contributed by atoms with E-state index in [2.05, 4.69) is 5.32 Å². The lowest BCUT2D eigenvalue weighted by Gasteiger charge is -2.14. The van der Waals surface area contributed by atoms with Gasteiger partial charge in [-0.15, -0.1) is 11.8 Å². The van der Waals surface area contributed by atoms with Crippen LogP contribution in [0, 0.1) is 17.0 Å². The van der Waals surface area contributed by atoms with Gasteiger partial charge in [0, 0.05) is 16.6 Å². The molecule has 0 fully saturated rings. The Morgan fingerprint density at radius 2 is 2.04 bits per heavy atom. The summed E-state index contributed by atoms with van der Waals surface area (Å²) in [6.45, 7) is 1.85. The van der Waals surface area contributed by atoms with Gasteiger partial charge in [0.2, 0.25) is 5.75 Å². The summed E-state index contributed by atoms with van der Waals surface area (Å²) in [7, 11) is 0. The second-order valence-corrected chi connectivity index (χ2v) is 5.66. The van der Waals surface area contributed by atoms with Crippen molar-refractivity contribution < 1.29 is 14.8 Å². The van der Waals surface area contributed by atoms with Crippen LogP contribution in [0.1, 0.15) is 15.9 Å². The van der Waals surface area contributed by atoms with Crippen LogP contribution in [0.15, 0.2) is 35.2 Å². The van der Waals surface area contributed by atoms with Crippen molar-refractivity contribution in [3.8, 4) is 5.75 Å². The molecule has 0 spiro atoms. The maximum Gasteiger partial charge on any atom is 0.312 e. The molecule has 0 saturated heterocycles. The van der Waals surface area contributed by atoms with E-state index >= 15 is 0 Å². The second-order valence-electron chi connectivity index (χ2n) is 4.78. The van der Waals surface area contributed by atoms with Crippen LogP contribution in [0.3, 0.4) is 0 Å². The van der Waals surface area contributed by atoms with Crippen LogP contribution in [0.4, 0.5) is 17.1 Å². The quantitative estimate of drug-likeness (QED) is 0.335. The zero-order valence-electron chi connectivity index (χ0n) is 12.5. The third-order valence-electron chi connectivity index (χ3n) is 3.31. The van der Waals surface area contributed by atoms with Gasteiger partial charge in [0.1, 0.15) is 5.69 Å². The number of carbonyl (C=O) groups is 1. The molecule has 0 unspecified atom stereocenters. The summed E-state index contributed by atoms with van der Waals surface area (Å²) in [6.07, 6.45) is 1.94. The molecular formula is C15H15N3O4S. The van der Waals surface area contributed by atoms with E-state index in [0.717, 1.165) is 16.5 Å². The van der Waals surface area contributed by atoms with Crippen LogP contribution in [0.2, 0.25) is 0 Å². The fourth-order valence-electron chi connectivity index (χ4n) is 2.10. The lowest BCUT2D eigenvalue weighted by atomic mass is 10.1. The summed E-state index contributed by atoms with van der Waals surface area (Å²) in [4.78, 5) is 22.8. The fraction of sp³-hybridized carbons (Fsp3) is 0.133. The summed E-state index contributed by atoms with van der Waals surface area (Å²) >= 11 is 1.57. The Labute approximate surface area is 136 Å². The number of primary amides is 1. The van der Waals surface area contributed by atoms with Gasteiger partial charge in [-0.1, -0.05) is 0 Å². The number of thioether (sulfide) groups is 1. The molecule has 0 bridgehead atoms. The van der Waals surface area contributed by atoms with Crippen LogP contribution in [0.5, 0.6) is 5.75 Å². The van der Waals surface area contributed by atoms with Crippen molar-refractivity contribution in [3.63, 3.8) is 0 Å². The smallest absolute Gasteiger partial charge is 0.312 e. The number of phenolic OH excluding ortho intramolecular Hbond substituents is 1. The SMILES string of the molecule is CSc1ccc(Nc2c(C(N)=O)ccc([N+](=O)[O-])c2O)c(C)c1. The lowest BCUT2D eigenvalue weighted by molar-refractivity contribution is -0.385. The number of carbonyl (C=O) groups excluding carboxylic acids is 1. The van der Waals surface area contributed by atoms with E-state index < -0.39 is 22.3 Å². The average Bonchev–Trinajstić information content (AvgIpc) is 2.50. The molecule has 7 nitrogen and oxygen atoms in total. The number of nitro benzene ring substituents is 1. The molecule has 120 valence electrons. The van der Waals surface area contributed by atoms with E-state index in [4.69, 9.17) is 5.73 Å². The molecule has 4 N–H and O–H groups in total. The topological polar surface area (TPSA) is 118 Å². The number of benzene rings is 2. The highest BCUT2D eigenvalue weighted by atomic mass is 32.2. The van der Waals surface area contributed by atoms with E-state index in [0.29, 0.717) is 5.69 Å². The van der Waals surface area contributed by atoms with Crippen molar-refractivity contribution in [3.05, 3.63) is 51.6 Å². The maximum absolute atomic E-state index is 11.5. The summed E-state index contributed by atoms with van der Waals surface area (Å²) < 4.78 is 0. The number of anilines is 2. The first-order valence-corrected chi connectivity index (χ1v) is 7.79. The van der Waals surface area contributed by atoms with Crippen LogP contribution < -0.4 is 11.1 Å². The average molecular weight is 333 g/mol. The number of aryl methyl sites for hydroxylation is 1. The normalized spacial score (nSPS) is 10.3. The number of hydrogen-bond donors (Lipinski definition) is 3. The first kappa shape index (κ1) is 16.6. The number of hydrogen-bond acceptors (Lipinski definition) is 6. The summed E-state index contributed by atoms with van der Waals surface area (Å²) in [5, 5.41) is 24.0. The van der Waals surface area contributed by atoms with Crippen molar-refractivity contribution in [2.24, 2.45) is 5.73 Å². The highest BCUT2D eigenvalue weighted by Crippen LogP contribution is 2.39. The number of amides is 1. The van der Waals surface area contributed by atoms with Crippen molar-refractivity contribution >= 4 is 34.7 Å². The van der Waals surface area contributed by atoms with Gasteiger partial charge in [-0.05, 0) is 43.0 Å². The first-order valence-electron chi connectivity index (χ1n) is 6.57. The van der Waals surface area contributed by atoms with Gasteiger partial charge in [0.05, 0.1) is 10.5 Å². The van der Waals surface area contributed by atoms with Crippen molar-refractivity contribution in [1.29, 1.82) is 0 Å². The fourth-order valence-corrected chi connectivity index (χ4v) is 2.60. The van der Waals surface area contributed by atoms with Crippen molar-refractivity contribution in [2.45, 2.75) is 11.8 Å². The zero-order valence-corrected chi connectivity index (χ0v) is 13.3. The Bertz CT molecular complexity index is 793. The predicted octanol–water partition coefficient (Wildman–Crippen LogP) is 3.17.